The Bertz CT molecular complexity index is 1140. The summed E-state index contributed by atoms with van der Waals surface area (Å²) in [6.07, 6.45) is 0. The quantitative estimate of drug-likeness (QED) is 0.380. The number of nitrogens with zero attached hydrogens (tertiary/aromatic N) is 4. The van der Waals surface area contributed by atoms with Crippen LogP contribution in [0.1, 0.15) is 13.8 Å². The van der Waals surface area contributed by atoms with Gasteiger partial charge in [-0.05, 0) is 62.4 Å². The summed E-state index contributed by atoms with van der Waals surface area (Å²) in [6.45, 7) is 4.57. The van der Waals surface area contributed by atoms with E-state index in [0.29, 0.717) is 17.5 Å². The van der Waals surface area contributed by atoms with Gasteiger partial charge in [-0.15, -0.1) is 10.2 Å². The van der Waals surface area contributed by atoms with Crippen LogP contribution in [-0.4, -0.2) is 31.0 Å². The lowest BCUT2D eigenvalue weighted by atomic mass is 10.2. The second-order valence-corrected chi connectivity index (χ2v) is 8.51. The van der Waals surface area contributed by atoms with E-state index in [2.05, 4.69) is 10.2 Å². The fourth-order valence-corrected chi connectivity index (χ4v) is 4.39. The maximum absolute atomic E-state index is 13.6. The van der Waals surface area contributed by atoms with E-state index in [0.717, 1.165) is 16.9 Å². The van der Waals surface area contributed by atoms with Crippen molar-refractivity contribution in [2.45, 2.75) is 30.8 Å². The molecule has 0 bridgehead atoms. The first-order chi connectivity index (χ1) is 15.6. The molecule has 3 aromatic carbocycles. The van der Waals surface area contributed by atoms with E-state index in [1.165, 1.54) is 11.8 Å². The first-order valence-corrected chi connectivity index (χ1v) is 11.3. The number of phenolic OH excluding ortho intramolecular Hbond substituents is 1. The highest BCUT2D eigenvalue weighted by Gasteiger charge is 2.26. The van der Waals surface area contributed by atoms with Gasteiger partial charge in [0.15, 0.2) is 11.0 Å². The molecule has 0 aliphatic heterocycles. The standard InChI is InChI=1S/C25H24N4O2S/c1-3-28-23(19-14-16-22(30)17-15-19)26-27-25(28)32-18(2)24(31)29(20-10-6-4-7-11-20)21-12-8-5-9-13-21/h4-18,30H,3H2,1-2H3/t18-/m0/s1. The molecule has 1 heterocycles. The Morgan fingerprint density at radius 1 is 0.938 bits per heavy atom. The second kappa shape index (κ2) is 9.70. The van der Waals surface area contributed by atoms with Crippen molar-refractivity contribution in [1.29, 1.82) is 0 Å². The number of aromatic nitrogens is 3. The molecule has 0 saturated heterocycles. The van der Waals surface area contributed by atoms with Crippen LogP contribution in [0.2, 0.25) is 0 Å². The van der Waals surface area contributed by atoms with Crippen molar-refractivity contribution >= 4 is 29.0 Å². The lowest BCUT2D eigenvalue weighted by molar-refractivity contribution is -0.117. The zero-order valence-corrected chi connectivity index (χ0v) is 18.7. The predicted molar refractivity (Wildman–Crippen MR) is 128 cm³/mol. The van der Waals surface area contributed by atoms with Crippen LogP contribution in [0.25, 0.3) is 11.4 Å². The van der Waals surface area contributed by atoms with Crippen molar-refractivity contribution in [3.63, 3.8) is 0 Å². The summed E-state index contributed by atoms with van der Waals surface area (Å²) < 4.78 is 1.98. The number of carbonyl (C=O) groups excluding carboxylic acids is 1. The summed E-state index contributed by atoms with van der Waals surface area (Å²) in [4.78, 5) is 15.3. The van der Waals surface area contributed by atoms with Crippen LogP contribution in [0, 0.1) is 0 Å². The molecule has 6 nitrogen and oxygen atoms in total. The Labute approximate surface area is 191 Å². The fourth-order valence-electron chi connectivity index (χ4n) is 3.43. The van der Waals surface area contributed by atoms with E-state index in [-0.39, 0.29) is 11.7 Å². The molecule has 0 fully saturated rings. The minimum atomic E-state index is -0.391. The summed E-state index contributed by atoms with van der Waals surface area (Å²) in [5.41, 5.74) is 2.49. The predicted octanol–water partition coefficient (Wildman–Crippen LogP) is 5.52. The summed E-state index contributed by atoms with van der Waals surface area (Å²) in [5.74, 6) is 0.869. The third-order valence-electron chi connectivity index (χ3n) is 5.04. The summed E-state index contributed by atoms with van der Waals surface area (Å²) in [5, 5.41) is 18.6. The molecule has 4 rings (SSSR count). The molecule has 32 heavy (non-hydrogen) atoms. The molecular weight excluding hydrogens is 420 g/mol. The number of thioether (sulfide) groups is 1. The number of rotatable bonds is 7. The normalized spacial score (nSPS) is 11.8. The van der Waals surface area contributed by atoms with Gasteiger partial charge < -0.3 is 9.67 Å². The molecule has 1 N–H and O–H groups in total. The van der Waals surface area contributed by atoms with Crippen molar-refractivity contribution < 1.29 is 9.90 Å². The molecule has 162 valence electrons. The van der Waals surface area contributed by atoms with Gasteiger partial charge >= 0.3 is 0 Å². The van der Waals surface area contributed by atoms with Crippen molar-refractivity contribution in [2.75, 3.05) is 4.90 Å². The van der Waals surface area contributed by atoms with Gasteiger partial charge in [0.05, 0.1) is 5.25 Å². The largest absolute Gasteiger partial charge is 0.508 e. The molecule has 0 saturated carbocycles. The first-order valence-electron chi connectivity index (χ1n) is 10.4. The maximum Gasteiger partial charge on any atom is 0.244 e. The zero-order chi connectivity index (χ0) is 22.5. The number of hydrogen-bond donors (Lipinski definition) is 1. The Hall–Kier alpha value is -3.58. The van der Waals surface area contributed by atoms with Crippen LogP contribution in [0.4, 0.5) is 11.4 Å². The number of amides is 1. The maximum atomic E-state index is 13.6. The van der Waals surface area contributed by atoms with Crippen LogP contribution in [0.3, 0.4) is 0 Å². The molecule has 1 atom stereocenters. The first kappa shape index (κ1) is 21.6. The molecule has 7 heteroatoms. The summed E-state index contributed by atoms with van der Waals surface area (Å²) in [7, 11) is 0. The van der Waals surface area contributed by atoms with Crippen LogP contribution < -0.4 is 4.90 Å². The van der Waals surface area contributed by atoms with Gasteiger partial charge in [0.2, 0.25) is 5.91 Å². The van der Waals surface area contributed by atoms with Crippen LogP contribution in [0.5, 0.6) is 5.75 Å². The SMILES string of the molecule is CCn1c(S[C@@H](C)C(=O)N(c2ccccc2)c2ccccc2)nnc1-c1ccc(O)cc1. The van der Waals surface area contributed by atoms with E-state index >= 15 is 0 Å². The minimum absolute atomic E-state index is 0.0377. The van der Waals surface area contributed by atoms with Gasteiger partial charge in [0.25, 0.3) is 0 Å². The number of phenols is 1. The Morgan fingerprint density at radius 2 is 1.50 bits per heavy atom. The third kappa shape index (κ3) is 4.53. The van der Waals surface area contributed by atoms with E-state index in [9.17, 15) is 9.90 Å². The summed E-state index contributed by atoms with van der Waals surface area (Å²) >= 11 is 1.39. The van der Waals surface area contributed by atoms with Gasteiger partial charge in [-0.3, -0.25) is 9.69 Å². The highest BCUT2D eigenvalue weighted by Crippen LogP contribution is 2.32. The molecular formula is C25H24N4O2S. The van der Waals surface area contributed by atoms with E-state index in [1.807, 2.05) is 79.1 Å². The van der Waals surface area contributed by atoms with E-state index in [4.69, 9.17) is 0 Å². The summed E-state index contributed by atoms with van der Waals surface area (Å²) in [6, 6.07) is 26.2. The molecule has 1 amide bonds. The van der Waals surface area contributed by atoms with E-state index in [1.54, 1.807) is 29.2 Å². The van der Waals surface area contributed by atoms with Crippen molar-refractivity contribution in [3.05, 3.63) is 84.9 Å². The van der Waals surface area contributed by atoms with Gasteiger partial charge in [-0.1, -0.05) is 48.2 Å². The molecule has 1 aromatic heterocycles. The number of aromatic hydroxyl groups is 1. The van der Waals surface area contributed by atoms with Crippen LogP contribution in [0.15, 0.2) is 90.1 Å². The van der Waals surface area contributed by atoms with Gasteiger partial charge in [-0.25, -0.2) is 0 Å². The molecule has 0 aliphatic carbocycles. The van der Waals surface area contributed by atoms with Crippen molar-refractivity contribution in [3.8, 4) is 17.1 Å². The molecule has 0 unspecified atom stereocenters. The average molecular weight is 445 g/mol. The Morgan fingerprint density at radius 3 is 2.03 bits per heavy atom. The average Bonchev–Trinajstić information content (AvgIpc) is 3.23. The molecule has 0 aliphatic rings. The number of para-hydroxylation sites is 2. The van der Waals surface area contributed by atoms with E-state index < -0.39 is 5.25 Å². The Balaban J connectivity index is 1.62. The van der Waals surface area contributed by atoms with Gasteiger partial charge in [-0.2, -0.15) is 0 Å². The molecule has 0 radical (unpaired) electrons. The number of benzene rings is 3. The van der Waals surface area contributed by atoms with Crippen molar-refractivity contribution in [1.82, 2.24) is 14.8 Å². The van der Waals surface area contributed by atoms with Gasteiger partial charge in [0, 0.05) is 23.5 Å². The van der Waals surface area contributed by atoms with Gasteiger partial charge in [0.1, 0.15) is 5.75 Å². The molecule has 0 spiro atoms. The minimum Gasteiger partial charge on any atom is -0.508 e. The second-order valence-electron chi connectivity index (χ2n) is 7.20. The highest BCUT2D eigenvalue weighted by molar-refractivity contribution is 8.00. The smallest absolute Gasteiger partial charge is 0.244 e. The Kier molecular flexibility index (Phi) is 6.56. The lowest BCUT2D eigenvalue weighted by Gasteiger charge is -2.25. The van der Waals surface area contributed by atoms with Crippen LogP contribution >= 0.6 is 11.8 Å². The number of carbonyl (C=O) groups is 1. The number of anilines is 2. The molecule has 4 aromatic rings. The topological polar surface area (TPSA) is 71.2 Å². The monoisotopic (exact) mass is 444 g/mol. The number of hydrogen-bond acceptors (Lipinski definition) is 5. The fraction of sp³-hybridized carbons (Fsp3) is 0.160. The zero-order valence-electron chi connectivity index (χ0n) is 17.9. The van der Waals surface area contributed by atoms with Crippen molar-refractivity contribution in [2.24, 2.45) is 0 Å². The third-order valence-corrected chi connectivity index (χ3v) is 6.11. The lowest BCUT2D eigenvalue weighted by Crippen LogP contribution is -2.33. The van der Waals surface area contributed by atoms with Crippen LogP contribution in [-0.2, 0) is 11.3 Å². The highest BCUT2D eigenvalue weighted by atomic mass is 32.2.